The Morgan fingerprint density at radius 2 is 1.52 bits per heavy atom. The number of carbonyl (C=O) groups is 1. The number of rotatable bonds is 9. The van der Waals surface area contributed by atoms with Crippen LogP contribution in [0.25, 0.3) is 0 Å². The van der Waals surface area contributed by atoms with Gasteiger partial charge in [-0.1, -0.05) is 67.2 Å². The van der Waals surface area contributed by atoms with Gasteiger partial charge in [0.25, 0.3) is 8.32 Å². The lowest BCUT2D eigenvalue weighted by Gasteiger charge is -2.32. The fourth-order valence-electron chi connectivity index (χ4n) is 2.96. The van der Waals surface area contributed by atoms with Crippen LogP contribution >= 0.6 is 0 Å². The minimum atomic E-state index is -2.36. The monoisotopic (exact) mass is 354 g/mol. The van der Waals surface area contributed by atoms with Gasteiger partial charge >= 0.3 is 5.97 Å². The van der Waals surface area contributed by atoms with Crippen molar-refractivity contribution < 1.29 is 14.0 Å². The Morgan fingerprint density at radius 1 is 1.00 bits per heavy atom. The lowest BCUT2D eigenvalue weighted by molar-refractivity contribution is -0.138. The molecule has 2 rings (SSSR count). The van der Waals surface area contributed by atoms with Crippen LogP contribution in [0.2, 0.25) is 6.04 Å². The molecule has 132 valence electrons. The highest BCUT2D eigenvalue weighted by atomic mass is 28.4. The predicted octanol–water partition coefficient (Wildman–Crippen LogP) is 3.29. The Morgan fingerprint density at radius 3 is 1.96 bits per heavy atom. The first-order chi connectivity index (χ1) is 12.1. The Labute approximate surface area is 151 Å². The normalized spacial score (nSPS) is 11.1. The van der Waals surface area contributed by atoms with E-state index in [9.17, 15) is 4.79 Å². The van der Waals surface area contributed by atoms with Crippen molar-refractivity contribution in [2.75, 3.05) is 13.2 Å². The molecule has 0 saturated heterocycles. The molecule has 3 nitrogen and oxygen atoms in total. The van der Waals surface area contributed by atoms with Gasteiger partial charge in [-0.05, 0) is 36.7 Å². The van der Waals surface area contributed by atoms with Gasteiger partial charge in [0.2, 0.25) is 0 Å². The van der Waals surface area contributed by atoms with Crippen molar-refractivity contribution in [3.05, 3.63) is 72.8 Å². The van der Waals surface area contributed by atoms with Crippen LogP contribution in [0, 0.1) is 0 Å². The molecule has 2 aromatic carbocycles. The van der Waals surface area contributed by atoms with Crippen molar-refractivity contribution in [1.82, 2.24) is 0 Å². The number of carbonyl (C=O) groups excluding carboxylic acids is 1. The lowest BCUT2D eigenvalue weighted by Crippen LogP contribution is -2.60. The number of benzene rings is 2. The molecule has 0 spiro atoms. The van der Waals surface area contributed by atoms with Crippen LogP contribution in [0.3, 0.4) is 0 Å². The molecule has 0 N–H and O–H groups in total. The quantitative estimate of drug-likeness (QED) is 0.300. The van der Waals surface area contributed by atoms with Gasteiger partial charge in [0, 0.05) is 12.2 Å². The maximum absolute atomic E-state index is 11.6. The second-order valence-electron chi connectivity index (χ2n) is 6.01. The first kappa shape index (κ1) is 19.2. The molecule has 0 aliphatic heterocycles. The highest BCUT2D eigenvalue weighted by Gasteiger charge is 2.38. The van der Waals surface area contributed by atoms with Crippen molar-refractivity contribution >= 4 is 24.7 Å². The third kappa shape index (κ3) is 4.90. The summed E-state index contributed by atoms with van der Waals surface area (Å²) in [5.74, 6) is -0.330. The van der Waals surface area contributed by atoms with E-state index in [0.717, 1.165) is 12.5 Å². The van der Waals surface area contributed by atoms with Crippen LogP contribution in [0.5, 0.6) is 0 Å². The van der Waals surface area contributed by atoms with E-state index >= 15 is 0 Å². The minimum absolute atomic E-state index is 0.330. The van der Waals surface area contributed by atoms with Crippen LogP contribution in [0.4, 0.5) is 0 Å². The number of ether oxygens (including phenoxy) is 1. The molecule has 0 radical (unpaired) electrons. The predicted molar refractivity (Wildman–Crippen MR) is 105 cm³/mol. The Hall–Kier alpha value is -2.17. The smallest absolute Gasteiger partial charge is 0.333 e. The van der Waals surface area contributed by atoms with E-state index in [-0.39, 0.29) is 5.97 Å². The number of hydrogen-bond acceptors (Lipinski definition) is 3. The van der Waals surface area contributed by atoms with Crippen molar-refractivity contribution in [3.8, 4) is 0 Å². The molecule has 0 aromatic heterocycles. The fraction of sp³-hybridized carbons (Fsp3) is 0.286. The summed E-state index contributed by atoms with van der Waals surface area (Å²) in [6.45, 7) is 8.35. The Balaban J connectivity index is 2.25. The molecule has 0 atom stereocenters. The number of esters is 1. The van der Waals surface area contributed by atoms with Crippen LogP contribution in [0.1, 0.15) is 20.3 Å². The van der Waals surface area contributed by atoms with Crippen LogP contribution in [0.15, 0.2) is 72.8 Å². The first-order valence-electron chi connectivity index (χ1n) is 8.68. The van der Waals surface area contributed by atoms with E-state index in [0.29, 0.717) is 18.8 Å². The van der Waals surface area contributed by atoms with E-state index in [4.69, 9.17) is 9.16 Å². The molecule has 0 aliphatic carbocycles. The van der Waals surface area contributed by atoms with Gasteiger partial charge in [0.1, 0.15) is 0 Å². The zero-order valence-electron chi connectivity index (χ0n) is 15.0. The van der Waals surface area contributed by atoms with E-state index in [2.05, 4.69) is 55.1 Å². The molecule has 2 aromatic rings. The molecule has 25 heavy (non-hydrogen) atoms. The Bertz CT molecular complexity index is 643. The molecule has 0 aliphatic rings. The van der Waals surface area contributed by atoms with E-state index < -0.39 is 8.32 Å². The topological polar surface area (TPSA) is 35.5 Å². The van der Waals surface area contributed by atoms with Crippen LogP contribution in [-0.4, -0.2) is 27.5 Å². The standard InChI is InChI=1S/C21H26O3Si/c1-4-24-25(19-12-7-5-8-13-19,20-14-9-6-10-15-20)17-11-16-23-21(22)18(2)3/h5-10,12-15H,2,4,11,16-17H2,1,3H3. The molecule has 0 saturated carbocycles. The zero-order chi connectivity index (χ0) is 18.1. The number of hydrogen-bond donors (Lipinski definition) is 0. The summed E-state index contributed by atoms with van der Waals surface area (Å²) in [5.41, 5.74) is 0.430. The molecule has 0 amide bonds. The van der Waals surface area contributed by atoms with Crippen molar-refractivity contribution in [3.63, 3.8) is 0 Å². The summed E-state index contributed by atoms with van der Waals surface area (Å²) < 4.78 is 11.7. The average Bonchev–Trinajstić information content (AvgIpc) is 2.65. The van der Waals surface area contributed by atoms with Gasteiger partial charge in [0.05, 0.1) is 6.61 Å². The second kappa shape index (κ2) is 9.35. The average molecular weight is 355 g/mol. The van der Waals surface area contributed by atoms with Crippen LogP contribution < -0.4 is 10.4 Å². The molecule has 0 bridgehead atoms. The summed E-state index contributed by atoms with van der Waals surface area (Å²) in [7, 11) is -2.36. The van der Waals surface area contributed by atoms with E-state index in [1.807, 2.05) is 19.1 Å². The summed E-state index contributed by atoms with van der Waals surface area (Å²) >= 11 is 0. The molecular formula is C21H26O3Si. The summed E-state index contributed by atoms with van der Waals surface area (Å²) in [4.78, 5) is 11.6. The van der Waals surface area contributed by atoms with Gasteiger partial charge in [-0.3, -0.25) is 0 Å². The highest BCUT2D eigenvalue weighted by molar-refractivity contribution is 6.97. The largest absolute Gasteiger partial charge is 0.462 e. The zero-order valence-corrected chi connectivity index (χ0v) is 16.0. The van der Waals surface area contributed by atoms with Crippen molar-refractivity contribution in [2.45, 2.75) is 26.3 Å². The van der Waals surface area contributed by atoms with Gasteiger partial charge in [-0.25, -0.2) is 4.79 Å². The lowest BCUT2D eigenvalue weighted by atomic mass is 10.4. The maximum Gasteiger partial charge on any atom is 0.333 e. The molecule has 4 heteroatoms. The van der Waals surface area contributed by atoms with Crippen LogP contribution in [-0.2, 0) is 14.0 Å². The minimum Gasteiger partial charge on any atom is -0.462 e. The maximum atomic E-state index is 11.6. The van der Waals surface area contributed by atoms with Gasteiger partial charge in [0.15, 0.2) is 0 Å². The van der Waals surface area contributed by atoms with E-state index in [1.165, 1.54) is 10.4 Å². The first-order valence-corrected chi connectivity index (χ1v) is 10.8. The SMILES string of the molecule is C=C(C)C(=O)OCCC[Si](OCC)(c1ccccc1)c1ccccc1. The molecule has 0 heterocycles. The van der Waals surface area contributed by atoms with Gasteiger partial charge in [-0.15, -0.1) is 0 Å². The second-order valence-corrected chi connectivity index (χ2v) is 9.61. The third-order valence-electron chi connectivity index (χ3n) is 4.13. The van der Waals surface area contributed by atoms with Crippen molar-refractivity contribution in [1.29, 1.82) is 0 Å². The molecular weight excluding hydrogens is 328 g/mol. The molecule has 0 fully saturated rings. The van der Waals surface area contributed by atoms with Crippen molar-refractivity contribution in [2.24, 2.45) is 0 Å². The highest BCUT2D eigenvalue weighted by Crippen LogP contribution is 2.16. The van der Waals surface area contributed by atoms with Gasteiger partial charge < -0.3 is 9.16 Å². The van der Waals surface area contributed by atoms with E-state index in [1.54, 1.807) is 6.92 Å². The fourth-order valence-corrected chi connectivity index (χ4v) is 6.95. The summed E-state index contributed by atoms with van der Waals surface area (Å²) in [6, 6.07) is 21.7. The summed E-state index contributed by atoms with van der Waals surface area (Å²) in [6.07, 6.45) is 0.759. The summed E-state index contributed by atoms with van der Waals surface area (Å²) in [5, 5.41) is 2.49. The Kier molecular flexibility index (Phi) is 7.16. The van der Waals surface area contributed by atoms with Gasteiger partial charge in [-0.2, -0.15) is 0 Å². The third-order valence-corrected chi connectivity index (χ3v) is 8.50. The molecule has 0 unspecified atom stereocenters.